The SMILES string of the molecule is CC1(CO)CCN(c2nsnc2Cl)CC1. The number of hydrogen-bond donors (Lipinski definition) is 1. The van der Waals surface area contributed by atoms with Gasteiger partial charge in [0.2, 0.25) is 0 Å². The van der Waals surface area contributed by atoms with Crippen molar-refractivity contribution in [1.29, 1.82) is 0 Å². The molecule has 6 heteroatoms. The first kappa shape index (κ1) is 11.1. The number of rotatable bonds is 2. The van der Waals surface area contributed by atoms with Crippen molar-refractivity contribution in [2.45, 2.75) is 19.8 Å². The van der Waals surface area contributed by atoms with Crippen LogP contribution in [0.25, 0.3) is 0 Å². The summed E-state index contributed by atoms with van der Waals surface area (Å²) in [6, 6.07) is 0. The third-order valence-corrected chi connectivity index (χ3v) is 3.96. The van der Waals surface area contributed by atoms with Crippen molar-refractivity contribution in [3.63, 3.8) is 0 Å². The van der Waals surface area contributed by atoms with Gasteiger partial charge in [-0.05, 0) is 18.3 Å². The first-order valence-corrected chi connectivity index (χ1v) is 6.09. The van der Waals surface area contributed by atoms with Gasteiger partial charge in [0.1, 0.15) is 0 Å². The van der Waals surface area contributed by atoms with Gasteiger partial charge in [-0.15, -0.1) is 0 Å². The summed E-state index contributed by atoms with van der Waals surface area (Å²) in [5, 5.41) is 9.74. The van der Waals surface area contributed by atoms with E-state index in [-0.39, 0.29) is 12.0 Å². The molecule has 1 aromatic heterocycles. The Morgan fingerprint density at radius 3 is 2.60 bits per heavy atom. The third kappa shape index (κ3) is 2.24. The zero-order valence-electron chi connectivity index (χ0n) is 8.61. The Bertz CT molecular complexity index is 336. The van der Waals surface area contributed by atoms with Gasteiger partial charge < -0.3 is 10.0 Å². The fraction of sp³-hybridized carbons (Fsp3) is 0.778. The van der Waals surface area contributed by atoms with E-state index in [0.29, 0.717) is 5.15 Å². The molecule has 1 aromatic rings. The molecular formula is C9H14ClN3OS. The number of aliphatic hydroxyl groups excluding tert-OH is 1. The zero-order chi connectivity index (χ0) is 10.9. The first-order valence-electron chi connectivity index (χ1n) is 4.98. The summed E-state index contributed by atoms with van der Waals surface area (Å²) in [6.45, 7) is 4.15. The summed E-state index contributed by atoms with van der Waals surface area (Å²) in [5.41, 5.74) is 0.0619. The number of aromatic nitrogens is 2. The molecule has 0 radical (unpaired) electrons. The third-order valence-electron chi connectivity index (χ3n) is 3.08. The van der Waals surface area contributed by atoms with Gasteiger partial charge >= 0.3 is 0 Å². The molecule has 0 spiro atoms. The maximum Gasteiger partial charge on any atom is 0.187 e. The van der Waals surface area contributed by atoms with E-state index in [0.717, 1.165) is 43.5 Å². The average molecular weight is 248 g/mol. The van der Waals surface area contributed by atoms with Crippen molar-refractivity contribution in [3.8, 4) is 0 Å². The summed E-state index contributed by atoms with van der Waals surface area (Å²) < 4.78 is 8.13. The van der Waals surface area contributed by atoms with Gasteiger partial charge in [0.05, 0.1) is 11.7 Å². The number of piperidine rings is 1. The molecule has 0 atom stereocenters. The average Bonchev–Trinajstić information content (AvgIpc) is 2.66. The largest absolute Gasteiger partial charge is 0.396 e. The molecule has 0 amide bonds. The molecular weight excluding hydrogens is 234 g/mol. The monoisotopic (exact) mass is 247 g/mol. The highest BCUT2D eigenvalue weighted by Crippen LogP contribution is 2.33. The van der Waals surface area contributed by atoms with Crippen LogP contribution < -0.4 is 4.90 Å². The van der Waals surface area contributed by atoms with Gasteiger partial charge in [0.15, 0.2) is 11.0 Å². The minimum atomic E-state index is 0.0619. The topological polar surface area (TPSA) is 49.2 Å². The Balaban J connectivity index is 2.03. The van der Waals surface area contributed by atoms with E-state index < -0.39 is 0 Å². The van der Waals surface area contributed by atoms with Gasteiger partial charge in [-0.25, -0.2) is 0 Å². The summed E-state index contributed by atoms with van der Waals surface area (Å²) in [6.07, 6.45) is 1.94. The molecule has 1 N–H and O–H groups in total. The molecule has 4 nitrogen and oxygen atoms in total. The highest BCUT2D eigenvalue weighted by Gasteiger charge is 2.30. The Kier molecular flexibility index (Phi) is 3.13. The summed E-state index contributed by atoms with van der Waals surface area (Å²) >= 11 is 7.07. The van der Waals surface area contributed by atoms with Crippen LogP contribution in [0.15, 0.2) is 0 Å². The lowest BCUT2D eigenvalue weighted by Crippen LogP contribution is -2.40. The van der Waals surface area contributed by atoms with Crippen molar-refractivity contribution in [1.82, 2.24) is 8.75 Å². The number of halogens is 1. The van der Waals surface area contributed by atoms with E-state index in [1.165, 1.54) is 0 Å². The van der Waals surface area contributed by atoms with Gasteiger partial charge in [0, 0.05) is 19.7 Å². The van der Waals surface area contributed by atoms with Gasteiger partial charge in [0.25, 0.3) is 0 Å². The van der Waals surface area contributed by atoms with E-state index in [2.05, 4.69) is 20.6 Å². The van der Waals surface area contributed by atoms with Crippen LogP contribution in [0.5, 0.6) is 0 Å². The number of aliphatic hydroxyl groups is 1. The standard InChI is InChI=1S/C9H14ClN3OS/c1-9(6-14)2-4-13(5-3-9)8-7(10)11-15-12-8/h14H,2-6H2,1H3. The molecule has 1 saturated heterocycles. The van der Waals surface area contributed by atoms with E-state index in [1.54, 1.807) is 0 Å². The van der Waals surface area contributed by atoms with E-state index in [4.69, 9.17) is 11.6 Å². The van der Waals surface area contributed by atoms with Crippen molar-refractivity contribution < 1.29 is 5.11 Å². The second-order valence-corrected chi connectivity index (χ2v) is 5.22. The molecule has 1 aliphatic rings. The lowest BCUT2D eigenvalue weighted by atomic mass is 9.81. The Hall–Kier alpha value is -0.390. The molecule has 1 fully saturated rings. The van der Waals surface area contributed by atoms with E-state index in [1.807, 2.05) is 0 Å². The predicted molar refractivity (Wildman–Crippen MR) is 61.6 cm³/mol. The summed E-state index contributed by atoms with van der Waals surface area (Å²) in [4.78, 5) is 2.14. The zero-order valence-corrected chi connectivity index (χ0v) is 10.2. The van der Waals surface area contributed by atoms with Crippen LogP contribution >= 0.6 is 23.3 Å². The van der Waals surface area contributed by atoms with Gasteiger partial charge in [-0.1, -0.05) is 18.5 Å². The van der Waals surface area contributed by atoms with Crippen LogP contribution in [-0.2, 0) is 0 Å². The van der Waals surface area contributed by atoms with E-state index in [9.17, 15) is 5.11 Å². The molecule has 0 bridgehead atoms. The Morgan fingerprint density at radius 1 is 1.47 bits per heavy atom. The maximum atomic E-state index is 9.25. The molecule has 84 valence electrons. The summed E-state index contributed by atoms with van der Waals surface area (Å²) in [5.74, 6) is 0.793. The van der Waals surface area contributed by atoms with Crippen LogP contribution in [0.3, 0.4) is 0 Å². The number of anilines is 1. The van der Waals surface area contributed by atoms with Crippen molar-refractivity contribution in [3.05, 3.63) is 5.15 Å². The second-order valence-electron chi connectivity index (χ2n) is 4.33. The van der Waals surface area contributed by atoms with E-state index >= 15 is 0 Å². The quantitative estimate of drug-likeness (QED) is 0.866. The minimum absolute atomic E-state index is 0.0619. The Labute approximate surface area is 98.2 Å². The lowest BCUT2D eigenvalue weighted by Gasteiger charge is -2.38. The molecule has 0 unspecified atom stereocenters. The highest BCUT2D eigenvalue weighted by molar-refractivity contribution is 6.99. The fourth-order valence-corrected chi connectivity index (χ4v) is 2.56. The lowest BCUT2D eigenvalue weighted by molar-refractivity contribution is 0.114. The van der Waals surface area contributed by atoms with Crippen LogP contribution in [0.4, 0.5) is 5.82 Å². The van der Waals surface area contributed by atoms with Crippen LogP contribution in [-0.4, -0.2) is 33.6 Å². The second kappa shape index (κ2) is 4.23. The molecule has 0 aromatic carbocycles. The van der Waals surface area contributed by atoms with Crippen molar-refractivity contribution in [2.75, 3.05) is 24.6 Å². The minimum Gasteiger partial charge on any atom is -0.396 e. The number of nitrogens with zero attached hydrogens (tertiary/aromatic N) is 3. The molecule has 2 heterocycles. The van der Waals surface area contributed by atoms with Crippen LogP contribution in [0, 0.1) is 5.41 Å². The molecule has 15 heavy (non-hydrogen) atoms. The van der Waals surface area contributed by atoms with Crippen molar-refractivity contribution >= 4 is 29.1 Å². The predicted octanol–water partition coefficient (Wildman–Crippen LogP) is 1.79. The smallest absolute Gasteiger partial charge is 0.187 e. The molecule has 1 aliphatic heterocycles. The fourth-order valence-electron chi connectivity index (χ4n) is 1.78. The molecule has 0 saturated carbocycles. The van der Waals surface area contributed by atoms with Gasteiger partial charge in [-0.3, -0.25) is 0 Å². The first-order chi connectivity index (χ1) is 7.14. The highest BCUT2D eigenvalue weighted by atomic mass is 35.5. The van der Waals surface area contributed by atoms with Gasteiger partial charge in [-0.2, -0.15) is 8.75 Å². The molecule has 0 aliphatic carbocycles. The van der Waals surface area contributed by atoms with Crippen LogP contribution in [0.1, 0.15) is 19.8 Å². The van der Waals surface area contributed by atoms with Crippen molar-refractivity contribution in [2.24, 2.45) is 5.41 Å². The Morgan fingerprint density at radius 2 is 2.13 bits per heavy atom. The summed E-state index contributed by atoms with van der Waals surface area (Å²) in [7, 11) is 0. The number of hydrogen-bond acceptors (Lipinski definition) is 5. The molecule has 2 rings (SSSR count). The maximum absolute atomic E-state index is 9.25. The normalized spacial score (nSPS) is 20.6. The van der Waals surface area contributed by atoms with Crippen LogP contribution in [0.2, 0.25) is 5.15 Å².